The van der Waals surface area contributed by atoms with Gasteiger partial charge in [0.2, 0.25) is 0 Å². The SMILES string of the molecule is O=Cc1cc(Cc2ccoc2)cs1. The van der Waals surface area contributed by atoms with Crippen LogP contribution in [0.5, 0.6) is 0 Å². The zero-order valence-electron chi connectivity index (χ0n) is 6.90. The summed E-state index contributed by atoms with van der Waals surface area (Å²) < 4.78 is 4.95. The lowest BCUT2D eigenvalue weighted by Gasteiger charge is -1.90. The van der Waals surface area contributed by atoms with Gasteiger partial charge in [0.25, 0.3) is 0 Å². The number of rotatable bonds is 3. The van der Waals surface area contributed by atoms with Gasteiger partial charge in [-0.25, -0.2) is 0 Å². The third-order valence-electron chi connectivity index (χ3n) is 1.78. The molecule has 2 heterocycles. The van der Waals surface area contributed by atoms with E-state index in [1.165, 1.54) is 11.3 Å². The van der Waals surface area contributed by atoms with Gasteiger partial charge in [-0.05, 0) is 28.6 Å². The molecule has 0 aliphatic heterocycles. The minimum atomic E-state index is 0.776. The van der Waals surface area contributed by atoms with Gasteiger partial charge in [0.15, 0.2) is 6.29 Å². The molecule has 0 radical (unpaired) electrons. The molecule has 0 saturated heterocycles. The summed E-state index contributed by atoms with van der Waals surface area (Å²) in [7, 11) is 0. The minimum absolute atomic E-state index is 0.776. The van der Waals surface area contributed by atoms with E-state index in [9.17, 15) is 4.79 Å². The average Bonchev–Trinajstić information content (AvgIpc) is 2.76. The molecule has 2 aromatic heterocycles. The first kappa shape index (κ1) is 8.26. The Labute approximate surface area is 79.8 Å². The van der Waals surface area contributed by atoms with E-state index in [-0.39, 0.29) is 0 Å². The van der Waals surface area contributed by atoms with Gasteiger partial charge in [-0.2, -0.15) is 0 Å². The Bertz CT molecular complexity index is 387. The second-order valence-corrected chi connectivity index (χ2v) is 3.73. The molecule has 0 aromatic carbocycles. The van der Waals surface area contributed by atoms with Crippen LogP contribution in [0.1, 0.15) is 20.8 Å². The Balaban J connectivity index is 2.14. The first-order valence-corrected chi connectivity index (χ1v) is 4.80. The number of furan rings is 1. The molecule has 0 bridgehead atoms. The van der Waals surface area contributed by atoms with Crippen molar-refractivity contribution in [1.29, 1.82) is 0 Å². The maximum atomic E-state index is 10.4. The summed E-state index contributed by atoms with van der Waals surface area (Å²) in [4.78, 5) is 11.2. The van der Waals surface area contributed by atoms with Gasteiger partial charge in [-0.1, -0.05) is 0 Å². The maximum absolute atomic E-state index is 10.4. The molecule has 0 fully saturated rings. The van der Waals surface area contributed by atoms with Gasteiger partial charge in [0.05, 0.1) is 17.4 Å². The van der Waals surface area contributed by atoms with E-state index in [1.54, 1.807) is 12.5 Å². The standard InChI is InChI=1S/C10H8O2S/c11-5-10-4-9(7-13-10)3-8-1-2-12-6-8/h1-2,4-7H,3H2. The first-order chi connectivity index (χ1) is 6.38. The number of aldehydes is 1. The predicted molar refractivity (Wildman–Crippen MR) is 51.2 cm³/mol. The van der Waals surface area contributed by atoms with Crippen LogP contribution in [0.4, 0.5) is 0 Å². The molecule has 0 unspecified atom stereocenters. The van der Waals surface area contributed by atoms with Gasteiger partial charge >= 0.3 is 0 Å². The van der Waals surface area contributed by atoms with Gasteiger partial charge in [-0.3, -0.25) is 4.79 Å². The molecule has 0 amide bonds. The number of carbonyl (C=O) groups is 1. The van der Waals surface area contributed by atoms with E-state index in [0.717, 1.165) is 28.7 Å². The largest absolute Gasteiger partial charge is 0.472 e. The molecule has 13 heavy (non-hydrogen) atoms. The Morgan fingerprint density at radius 1 is 1.46 bits per heavy atom. The highest BCUT2D eigenvalue weighted by Gasteiger charge is 2.00. The second-order valence-electron chi connectivity index (χ2n) is 2.78. The Hall–Kier alpha value is -1.35. The molecule has 2 nitrogen and oxygen atoms in total. The molecule has 0 spiro atoms. The van der Waals surface area contributed by atoms with Crippen LogP contribution in [0, 0.1) is 0 Å². The number of carbonyl (C=O) groups excluding carboxylic acids is 1. The van der Waals surface area contributed by atoms with Crippen LogP contribution in [0.25, 0.3) is 0 Å². The van der Waals surface area contributed by atoms with Crippen molar-refractivity contribution in [1.82, 2.24) is 0 Å². The smallest absolute Gasteiger partial charge is 0.160 e. The van der Waals surface area contributed by atoms with Gasteiger partial charge < -0.3 is 4.42 Å². The van der Waals surface area contributed by atoms with E-state index in [2.05, 4.69) is 0 Å². The van der Waals surface area contributed by atoms with E-state index in [1.807, 2.05) is 17.5 Å². The van der Waals surface area contributed by atoms with Crippen LogP contribution >= 0.6 is 11.3 Å². The average molecular weight is 192 g/mol. The summed E-state index contributed by atoms with van der Waals surface area (Å²) in [5.74, 6) is 0. The fraction of sp³-hybridized carbons (Fsp3) is 0.100. The quantitative estimate of drug-likeness (QED) is 0.700. The molecular formula is C10H8O2S. The van der Waals surface area contributed by atoms with Crippen LogP contribution < -0.4 is 0 Å². The third kappa shape index (κ3) is 1.87. The normalized spacial score (nSPS) is 10.2. The summed E-state index contributed by atoms with van der Waals surface area (Å²) in [6, 6.07) is 3.84. The highest BCUT2D eigenvalue weighted by Crippen LogP contribution is 2.16. The zero-order chi connectivity index (χ0) is 9.10. The second kappa shape index (κ2) is 3.58. The summed E-state index contributed by atoms with van der Waals surface area (Å²) in [6.07, 6.45) is 5.09. The van der Waals surface area contributed by atoms with Crippen LogP contribution in [0.2, 0.25) is 0 Å². The zero-order valence-corrected chi connectivity index (χ0v) is 7.71. The lowest BCUT2D eigenvalue weighted by molar-refractivity contribution is 0.112. The highest BCUT2D eigenvalue weighted by molar-refractivity contribution is 7.11. The van der Waals surface area contributed by atoms with Crippen molar-refractivity contribution in [3.63, 3.8) is 0 Å². The van der Waals surface area contributed by atoms with Gasteiger partial charge in [0, 0.05) is 6.42 Å². The Kier molecular flexibility index (Phi) is 2.27. The van der Waals surface area contributed by atoms with Gasteiger partial charge in [-0.15, -0.1) is 11.3 Å². The molecule has 0 atom stereocenters. The van der Waals surface area contributed by atoms with Crippen molar-refractivity contribution in [3.05, 3.63) is 46.0 Å². The van der Waals surface area contributed by atoms with E-state index in [0.29, 0.717) is 0 Å². The van der Waals surface area contributed by atoms with Crippen molar-refractivity contribution < 1.29 is 9.21 Å². The lowest BCUT2D eigenvalue weighted by Crippen LogP contribution is -1.80. The minimum Gasteiger partial charge on any atom is -0.472 e. The number of thiophene rings is 1. The van der Waals surface area contributed by atoms with Crippen LogP contribution in [-0.2, 0) is 6.42 Å². The van der Waals surface area contributed by atoms with Crippen LogP contribution in [-0.4, -0.2) is 6.29 Å². The molecule has 3 heteroatoms. The van der Waals surface area contributed by atoms with Crippen molar-refractivity contribution >= 4 is 17.6 Å². The predicted octanol–water partition coefficient (Wildman–Crippen LogP) is 2.74. The fourth-order valence-corrected chi connectivity index (χ4v) is 1.89. The van der Waals surface area contributed by atoms with E-state index in [4.69, 9.17) is 4.42 Å². The molecule has 0 aliphatic rings. The van der Waals surface area contributed by atoms with Crippen LogP contribution in [0.3, 0.4) is 0 Å². The van der Waals surface area contributed by atoms with Crippen molar-refractivity contribution in [3.8, 4) is 0 Å². The summed E-state index contributed by atoms with van der Waals surface area (Å²) in [5, 5.41) is 2.00. The fourth-order valence-electron chi connectivity index (χ4n) is 1.18. The molecule has 0 aliphatic carbocycles. The summed E-state index contributed by atoms with van der Waals surface area (Å²) >= 11 is 1.47. The molecule has 0 N–H and O–H groups in total. The third-order valence-corrected chi connectivity index (χ3v) is 2.69. The van der Waals surface area contributed by atoms with E-state index < -0.39 is 0 Å². The molecule has 66 valence electrons. The summed E-state index contributed by atoms with van der Waals surface area (Å²) in [5.41, 5.74) is 2.30. The Morgan fingerprint density at radius 3 is 3.00 bits per heavy atom. The molecule has 2 rings (SSSR count). The van der Waals surface area contributed by atoms with E-state index >= 15 is 0 Å². The van der Waals surface area contributed by atoms with Crippen molar-refractivity contribution in [2.45, 2.75) is 6.42 Å². The molecule has 2 aromatic rings. The van der Waals surface area contributed by atoms with Crippen molar-refractivity contribution in [2.75, 3.05) is 0 Å². The summed E-state index contributed by atoms with van der Waals surface area (Å²) in [6.45, 7) is 0. The van der Waals surface area contributed by atoms with Crippen molar-refractivity contribution in [2.24, 2.45) is 0 Å². The Morgan fingerprint density at radius 2 is 2.38 bits per heavy atom. The van der Waals surface area contributed by atoms with Gasteiger partial charge in [0.1, 0.15) is 0 Å². The molecular weight excluding hydrogens is 184 g/mol. The number of hydrogen-bond acceptors (Lipinski definition) is 3. The lowest BCUT2D eigenvalue weighted by atomic mass is 10.1. The van der Waals surface area contributed by atoms with Crippen LogP contribution in [0.15, 0.2) is 34.5 Å². The highest BCUT2D eigenvalue weighted by atomic mass is 32.1. The maximum Gasteiger partial charge on any atom is 0.160 e. The number of hydrogen-bond donors (Lipinski definition) is 0. The molecule has 0 saturated carbocycles. The topological polar surface area (TPSA) is 30.2 Å². The first-order valence-electron chi connectivity index (χ1n) is 3.92. The monoisotopic (exact) mass is 192 g/mol.